The van der Waals surface area contributed by atoms with Crippen LogP contribution in [0.1, 0.15) is 115 Å². The van der Waals surface area contributed by atoms with Crippen LogP contribution >= 0.6 is 7.82 Å². The summed E-state index contributed by atoms with van der Waals surface area (Å²) in [5.41, 5.74) is 0.954. The minimum Gasteiger partial charge on any atom is -0.756 e. The van der Waals surface area contributed by atoms with Gasteiger partial charge in [-0.05, 0) is 24.5 Å². The summed E-state index contributed by atoms with van der Waals surface area (Å²) in [5, 5.41) is 0. The molecule has 222 valence electrons. The molecule has 1 atom stereocenters. The average Bonchev–Trinajstić information content (AvgIpc) is 2.85. The van der Waals surface area contributed by atoms with Crippen LogP contribution in [-0.2, 0) is 20.0 Å². The summed E-state index contributed by atoms with van der Waals surface area (Å²) in [6.45, 7) is 3.71. The molecule has 0 heterocycles. The van der Waals surface area contributed by atoms with Gasteiger partial charge in [-0.3, -0.25) is 4.57 Å². The van der Waals surface area contributed by atoms with E-state index in [1.165, 1.54) is 96.3 Å². The summed E-state index contributed by atoms with van der Waals surface area (Å²) >= 11 is 0. The molecular weight excluding hydrogens is 497 g/mol. The van der Waals surface area contributed by atoms with Crippen LogP contribution in [0.5, 0.6) is 5.75 Å². The highest BCUT2D eigenvalue weighted by atomic mass is 31.2. The Morgan fingerprint density at radius 3 is 1.68 bits per heavy atom. The van der Waals surface area contributed by atoms with E-state index in [9.17, 15) is 9.46 Å². The Balaban J connectivity index is 2.04. The van der Waals surface area contributed by atoms with Crippen molar-refractivity contribution in [3.63, 3.8) is 0 Å². The molecule has 6 nitrogen and oxygen atoms in total. The maximum atomic E-state index is 12.0. The number of ether oxygens (including phenoxy) is 1. The topological polar surface area (TPSA) is 67.8 Å². The standard InChI is InChI=1S/C31H58NO5P/c1-5-6-7-8-9-10-11-12-13-14-15-16-17-18-19-22-27-35-31-24-21-20-23-30(31)25-28-36-38(33,34)37-29-26-32(2,3)4/h20-21,23-24H,5-19,22,25-29H2,1-4H3. The van der Waals surface area contributed by atoms with Crippen LogP contribution in [-0.4, -0.2) is 52.0 Å². The maximum Gasteiger partial charge on any atom is 0.268 e. The number of nitrogens with zero attached hydrogens (tertiary/aromatic N) is 1. The highest BCUT2D eigenvalue weighted by Gasteiger charge is 2.14. The molecule has 0 saturated heterocycles. The molecule has 1 aromatic carbocycles. The number of phosphoric ester groups is 1. The molecule has 0 aliphatic rings. The van der Waals surface area contributed by atoms with Crippen LogP contribution in [0, 0.1) is 0 Å². The van der Waals surface area contributed by atoms with E-state index in [1.54, 1.807) is 0 Å². The largest absolute Gasteiger partial charge is 0.756 e. The zero-order chi connectivity index (χ0) is 28.0. The zero-order valence-electron chi connectivity index (χ0n) is 25.1. The normalized spacial score (nSPS) is 13.5. The zero-order valence-corrected chi connectivity index (χ0v) is 26.0. The summed E-state index contributed by atoms with van der Waals surface area (Å²) in [6, 6.07) is 7.78. The Labute approximate surface area is 234 Å². The second kappa shape index (κ2) is 21.9. The number of quaternary nitrogens is 1. The first-order valence-electron chi connectivity index (χ1n) is 15.3. The van der Waals surface area contributed by atoms with Gasteiger partial charge in [0.15, 0.2) is 0 Å². The van der Waals surface area contributed by atoms with Gasteiger partial charge in [0.05, 0.1) is 34.4 Å². The number of unbranched alkanes of at least 4 members (excludes halogenated alkanes) is 15. The van der Waals surface area contributed by atoms with Crippen molar-refractivity contribution in [3.8, 4) is 5.75 Å². The van der Waals surface area contributed by atoms with Crippen molar-refractivity contribution in [1.82, 2.24) is 0 Å². The summed E-state index contributed by atoms with van der Waals surface area (Å²) < 4.78 is 28.6. The van der Waals surface area contributed by atoms with Gasteiger partial charge in [-0.15, -0.1) is 0 Å². The third-order valence-electron chi connectivity index (χ3n) is 6.86. The molecular formula is C31H58NO5P. The molecule has 0 amide bonds. The van der Waals surface area contributed by atoms with Crippen molar-refractivity contribution in [2.45, 2.75) is 116 Å². The van der Waals surface area contributed by atoms with Crippen molar-refractivity contribution in [2.75, 3.05) is 47.5 Å². The molecule has 1 rings (SSSR count). The quantitative estimate of drug-likeness (QED) is 0.0657. The Bertz CT molecular complexity index is 737. The summed E-state index contributed by atoms with van der Waals surface area (Å²) in [4.78, 5) is 12.0. The second-order valence-corrected chi connectivity index (χ2v) is 13.0. The fraction of sp³-hybridized carbons (Fsp3) is 0.806. The van der Waals surface area contributed by atoms with E-state index in [2.05, 4.69) is 6.92 Å². The van der Waals surface area contributed by atoms with Gasteiger partial charge in [0.2, 0.25) is 0 Å². The minimum atomic E-state index is -4.29. The molecule has 0 spiro atoms. The first-order chi connectivity index (χ1) is 18.2. The molecule has 0 saturated carbocycles. The van der Waals surface area contributed by atoms with Gasteiger partial charge in [0, 0.05) is 0 Å². The summed E-state index contributed by atoms with van der Waals surface area (Å²) in [7, 11) is 1.66. The number of phosphoric acid groups is 1. The monoisotopic (exact) mass is 555 g/mol. The number of para-hydroxylation sites is 1. The SMILES string of the molecule is CCCCCCCCCCCCCCCCCCOc1ccccc1CCOP(=O)([O-])OCC[N+](C)(C)C. The van der Waals surface area contributed by atoms with Gasteiger partial charge < -0.3 is 23.2 Å². The number of hydrogen-bond donors (Lipinski definition) is 0. The van der Waals surface area contributed by atoms with Crippen LogP contribution in [0.25, 0.3) is 0 Å². The van der Waals surface area contributed by atoms with Crippen molar-refractivity contribution >= 4 is 7.82 Å². The lowest BCUT2D eigenvalue weighted by Gasteiger charge is -2.27. The van der Waals surface area contributed by atoms with E-state index in [4.69, 9.17) is 13.8 Å². The van der Waals surface area contributed by atoms with E-state index in [0.717, 1.165) is 17.7 Å². The Morgan fingerprint density at radius 2 is 1.16 bits per heavy atom. The van der Waals surface area contributed by atoms with Gasteiger partial charge in [-0.2, -0.15) is 0 Å². The lowest BCUT2D eigenvalue weighted by atomic mass is 10.0. The van der Waals surface area contributed by atoms with Gasteiger partial charge >= 0.3 is 0 Å². The maximum absolute atomic E-state index is 12.0. The predicted octanol–water partition coefficient (Wildman–Crippen LogP) is 8.08. The Hall–Kier alpha value is -0.910. The summed E-state index contributed by atoms with van der Waals surface area (Å²) in [5.74, 6) is 0.809. The molecule has 0 aliphatic carbocycles. The van der Waals surface area contributed by atoms with Gasteiger partial charge in [0.1, 0.15) is 18.9 Å². The highest BCUT2D eigenvalue weighted by Crippen LogP contribution is 2.38. The Kier molecular flexibility index (Phi) is 20.2. The molecule has 38 heavy (non-hydrogen) atoms. The van der Waals surface area contributed by atoms with Crippen molar-refractivity contribution in [3.05, 3.63) is 29.8 Å². The van der Waals surface area contributed by atoms with Crippen LogP contribution in [0.15, 0.2) is 24.3 Å². The predicted molar refractivity (Wildman–Crippen MR) is 158 cm³/mol. The molecule has 0 fully saturated rings. The number of likely N-dealkylation sites (N-methyl/N-ethyl adjacent to an activating group) is 1. The van der Waals surface area contributed by atoms with Crippen LogP contribution < -0.4 is 9.63 Å². The van der Waals surface area contributed by atoms with Crippen molar-refractivity contribution < 1.29 is 27.7 Å². The second-order valence-electron chi connectivity index (χ2n) is 11.6. The fourth-order valence-electron chi connectivity index (χ4n) is 4.41. The number of benzene rings is 1. The van der Waals surface area contributed by atoms with E-state index in [-0.39, 0.29) is 13.2 Å². The molecule has 1 aromatic rings. The molecule has 0 bridgehead atoms. The first kappa shape index (κ1) is 35.1. The third kappa shape index (κ3) is 21.0. The first-order valence-corrected chi connectivity index (χ1v) is 16.8. The molecule has 0 aromatic heterocycles. The average molecular weight is 556 g/mol. The van der Waals surface area contributed by atoms with E-state index >= 15 is 0 Å². The lowest BCUT2D eigenvalue weighted by Crippen LogP contribution is -2.37. The van der Waals surface area contributed by atoms with Gasteiger partial charge in [-0.25, -0.2) is 0 Å². The van der Waals surface area contributed by atoms with Crippen molar-refractivity contribution in [1.29, 1.82) is 0 Å². The van der Waals surface area contributed by atoms with Gasteiger partial charge in [0.25, 0.3) is 7.82 Å². The number of rotatable bonds is 26. The third-order valence-corrected chi connectivity index (χ3v) is 7.86. The van der Waals surface area contributed by atoms with Gasteiger partial charge in [-0.1, -0.05) is 121 Å². The molecule has 7 heteroatoms. The van der Waals surface area contributed by atoms with E-state index < -0.39 is 7.82 Å². The van der Waals surface area contributed by atoms with Crippen LogP contribution in [0.3, 0.4) is 0 Å². The smallest absolute Gasteiger partial charge is 0.268 e. The molecule has 0 radical (unpaired) electrons. The lowest BCUT2D eigenvalue weighted by molar-refractivity contribution is -0.870. The molecule has 1 unspecified atom stereocenters. The van der Waals surface area contributed by atoms with Crippen LogP contribution in [0.4, 0.5) is 0 Å². The minimum absolute atomic E-state index is 0.0462. The summed E-state index contributed by atoms with van der Waals surface area (Å²) in [6.07, 6.45) is 22.1. The molecule has 0 N–H and O–H groups in total. The fourth-order valence-corrected chi connectivity index (χ4v) is 5.11. The molecule has 0 aliphatic heterocycles. The number of hydrogen-bond acceptors (Lipinski definition) is 5. The van der Waals surface area contributed by atoms with Crippen LogP contribution in [0.2, 0.25) is 0 Å². The van der Waals surface area contributed by atoms with Crippen molar-refractivity contribution in [2.24, 2.45) is 0 Å². The Morgan fingerprint density at radius 1 is 0.684 bits per heavy atom. The highest BCUT2D eigenvalue weighted by molar-refractivity contribution is 7.45. The van der Waals surface area contributed by atoms with E-state index in [0.29, 0.717) is 24.1 Å². The van der Waals surface area contributed by atoms with E-state index in [1.807, 2.05) is 45.4 Å².